The molecule has 0 aliphatic carbocycles. The van der Waals surface area contributed by atoms with Gasteiger partial charge in [0.2, 0.25) is 5.91 Å². The van der Waals surface area contributed by atoms with Gasteiger partial charge in [-0.1, -0.05) is 30.3 Å². The van der Waals surface area contributed by atoms with E-state index < -0.39 is 5.54 Å². The predicted octanol–water partition coefficient (Wildman–Crippen LogP) is 3.21. The fraction of sp³-hybridized carbons (Fsp3) is 0.440. The molecule has 0 radical (unpaired) electrons. The Morgan fingerprint density at radius 3 is 2.50 bits per heavy atom. The molecule has 1 aliphatic heterocycles. The molecule has 2 aromatic rings. The fourth-order valence-electron chi connectivity index (χ4n) is 3.90. The maximum absolute atomic E-state index is 13.5. The zero-order chi connectivity index (χ0) is 23.0. The first-order valence-electron chi connectivity index (χ1n) is 10.9. The van der Waals surface area contributed by atoms with Crippen molar-refractivity contribution in [2.75, 3.05) is 40.5 Å². The van der Waals surface area contributed by atoms with Gasteiger partial charge in [-0.25, -0.2) is 4.79 Å². The van der Waals surface area contributed by atoms with Crippen molar-refractivity contribution in [1.82, 2.24) is 10.2 Å². The van der Waals surface area contributed by atoms with Crippen molar-refractivity contribution >= 4 is 11.9 Å². The quantitative estimate of drug-likeness (QED) is 0.604. The van der Waals surface area contributed by atoms with Crippen LogP contribution in [0.5, 0.6) is 5.75 Å². The molecule has 172 valence electrons. The van der Waals surface area contributed by atoms with Gasteiger partial charge in [0.05, 0.1) is 25.3 Å². The Bertz CT molecular complexity index is 879. The van der Waals surface area contributed by atoms with Crippen LogP contribution in [0.4, 0.5) is 0 Å². The molecule has 1 saturated heterocycles. The Labute approximate surface area is 189 Å². The van der Waals surface area contributed by atoms with Crippen LogP contribution >= 0.6 is 0 Å². The molecule has 0 spiro atoms. The lowest BCUT2D eigenvalue weighted by Crippen LogP contribution is -2.62. The molecule has 0 bridgehead atoms. The molecular formula is C25H32N2O5. The smallest absolute Gasteiger partial charge is 0.337 e. The monoisotopic (exact) mass is 440 g/mol. The molecule has 1 aliphatic rings. The summed E-state index contributed by atoms with van der Waals surface area (Å²) in [6.45, 7) is 4.00. The van der Waals surface area contributed by atoms with E-state index in [1.54, 1.807) is 12.1 Å². The van der Waals surface area contributed by atoms with Crippen LogP contribution < -0.4 is 10.1 Å². The third-order valence-corrected chi connectivity index (χ3v) is 5.99. The average molecular weight is 441 g/mol. The van der Waals surface area contributed by atoms with E-state index in [0.29, 0.717) is 38.3 Å². The molecule has 7 nitrogen and oxygen atoms in total. The standard InChI is InChI=1S/C25H32N2O5/c1-19(20-10-12-21(13-11-20)23(28)30-3)26-24(29)25(14-7-16-31-18-25)27(2)15-17-32-22-8-5-4-6-9-22/h4-6,8-13,19H,7,14-18H2,1-3H3,(H,26,29). The molecular weight excluding hydrogens is 408 g/mol. The number of amides is 1. The number of hydrogen-bond donors (Lipinski definition) is 1. The zero-order valence-corrected chi connectivity index (χ0v) is 19.0. The number of carbonyl (C=O) groups excluding carboxylic acids is 2. The van der Waals surface area contributed by atoms with Gasteiger partial charge in [-0.3, -0.25) is 9.69 Å². The van der Waals surface area contributed by atoms with E-state index in [4.69, 9.17) is 14.2 Å². The summed E-state index contributed by atoms with van der Waals surface area (Å²) in [6, 6.07) is 16.5. The van der Waals surface area contributed by atoms with Crippen LogP contribution in [0.2, 0.25) is 0 Å². The Kier molecular flexibility index (Phi) is 8.25. The molecule has 0 saturated carbocycles. The van der Waals surface area contributed by atoms with Crippen molar-refractivity contribution in [1.29, 1.82) is 0 Å². The predicted molar refractivity (Wildman–Crippen MR) is 122 cm³/mol. The highest BCUT2D eigenvalue weighted by atomic mass is 16.5. The average Bonchev–Trinajstić information content (AvgIpc) is 2.84. The first-order valence-corrected chi connectivity index (χ1v) is 10.9. The largest absolute Gasteiger partial charge is 0.492 e. The number of nitrogens with zero attached hydrogens (tertiary/aromatic N) is 1. The minimum atomic E-state index is -0.751. The SMILES string of the molecule is COC(=O)c1ccc(C(C)NC(=O)C2(N(C)CCOc3ccccc3)CCCOC2)cc1. The maximum atomic E-state index is 13.5. The molecule has 1 heterocycles. The second-order valence-corrected chi connectivity index (χ2v) is 8.08. The van der Waals surface area contributed by atoms with Crippen molar-refractivity contribution < 1.29 is 23.8 Å². The van der Waals surface area contributed by atoms with Gasteiger partial charge in [-0.15, -0.1) is 0 Å². The molecule has 2 atom stereocenters. The summed E-state index contributed by atoms with van der Waals surface area (Å²) in [6.07, 6.45) is 1.54. The van der Waals surface area contributed by atoms with Crippen molar-refractivity contribution in [2.45, 2.75) is 31.3 Å². The minimum absolute atomic E-state index is 0.0658. The highest BCUT2D eigenvalue weighted by Crippen LogP contribution is 2.27. The van der Waals surface area contributed by atoms with Crippen molar-refractivity contribution in [2.24, 2.45) is 0 Å². The highest BCUT2D eigenvalue weighted by molar-refractivity contribution is 5.89. The van der Waals surface area contributed by atoms with E-state index >= 15 is 0 Å². The summed E-state index contributed by atoms with van der Waals surface area (Å²) in [5.41, 5.74) is 0.636. The number of benzene rings is 2. The van der Waals surface area contributed by atoms with Gasteiger partial charge < -0.3 is 19.5 Å². The van der Waals surface area contributed by atoms with Gasteiger partial charge in [0.15, 0.2) is 0 Å². The summed E-state index contributed by atoms with van der Waals surface area (Å²) in [5.74, 6) is 0.359. The van der Waals surface area contributed by atoms with Gasteiger partial charge >= 0.3 is 5.97 Å². The molecule has 7 heteroatoms. The molecule has 32 heavy (non-hydrogen) atoms. The number of hydrogen-bond acceptors (Lipinski definition) is 6. The molecule has 1 N–H and O–H groups in total. The third-order valence-electron chi connectivity index (χ3n) is 5.99. The number of nitrogens with one attached hydrogen (secondary N) is 1. The van der Waals surface area contributed by atoms with Crippen LogP contribution in [0.1, 0.15) is 41.7 Å². The molecule has 1 fully saturated rings. The van der Waals surface area contributed by atoms with E-state index in [1.165, 1.54) is 7.11 Å². The Morgan fingerprint density at radius 1 is 1.16 bits per heavy atom. The number of likely N-dealkylation sites (N-methyl/N-ethyl adjacent to an activating group) is 1. The molecule has 0 aromatic heterocycles. The minimum Gasteiger partial charge on any atom is -0.492 e. The van der Waals surface area contributed by atoms with Gasteiger partial charge in [0, 0.05) is 13.2 Å². The third kappa shape index (κ3) is 5.66. The van der Waals surface area contributed by atoms with Gasteiger partial charge in [0.1, 0.15) is 17.9 Å². The molecule has 1 amide bonds. The molecule has 3 rings (SSSR count). The second kappa shape index (κ2) is 11.1. The van der Waals surface area contributed by atoms with E-state index in [0.717, 1.165) is 17.7 Å². The number of ether oxygens (including phenoxy) is 3. The van der Waals surface area contributed by atoms with Crippen LogP contribution in [-0.2, 0) is 14.3 Å². The summed E-state index contributed by atoms with van der Waals surface area (Å²) in [7, 11) is 3.30. The summed E-state index contributed by atoms with van der Waals surface area (Å²) in [4.78, 5) is 27.1. The van der Waals surface area contributed by atoms with E-state index in [2.05, 4.69) is 5.32 Å². The van der Waals surface area contributed by atoms with E-state index in [-0.39, 0.29) is 17.9 Å². The number of rotatable bonds is 9. The van der Waals surface area contributed by atoms with Crippen molar-refractivity contribution in [3.63, 3.8) is 0 Å². The lowest BCUT2D eigenvalue weighted by atomic mass is 9.89. The number of para-hydroxylation sites is 1. The normalized spacial score (nSPS) is 19.2. The Morgan fingerprint density at radius 2 is 1.88 bits per heavy atom. The lowest BCUT2D eigenvalue weighted by Gasteiger charge is -2.43. The maximum Gasteiger partial charge on any atom is 0.337 e. The second-order valence-electron chi connectivity index (χ2n) is 8.08. The lowest BCUT2D eigenvalue weighted by molar-refractivity contribution is -0.143. The number of esters is 1. The first kappa shape index (κ1) is 23.8. The highest BCUT2D eigenvalue weighted by Gasteiger charge is 2.44. The van der Waals surface area contributed by atoms with Crippen molar-refractivity contribution in [3.05, 3.63) is 65.7 Å². The van der Waals surface area contributed by atoms with E-state index in [9.17, 15) is 9.59 Å². The van der Waals surface area contributed by atoms with Gasteiger partial charge in [0.25, 0.3) is 0 Å². The van der Waals surface area contributed by atoms with Gasteiger partial charge in [-0.05, 0) is 56.6 Å². The summed E-state index contributed by atoms with van der Waals surface area (Å²) in [5, 5.41) is 3.14. The number of carbonyl (C=O) groups is 2. The Hall–Kier alpha value is -2.90. The van der Waals surface area contributed by atoms with Crippen LogP contribution in [0.25, 0.3) is 0 Å². The zero-order valence-electron chi connectivity index (χ0n) is 19.0. The summed E-state index contributed by atoms with van der Waals surface area (Å²) < 4.78 is 16.3. The molecule has 2 unspecified atom stereocenters. The number of methoxy groups -OCH3 is 1. The van der Waals surface area contributed by atoms with Crippen LogP contribution in [0, 0.1) is 0 Å². The van der Waals surface area contributed by atoms with Gasteiger partial charge in [-0.2, -0.15) is 0 Å². The fourth-order valence-corrected chi connectivity index (χ4v) is 3.90. The molecule has 2 aromatic carbocycles. The van der Waals surface area contributed by atoms with Crippen LogP contribution in [0.15, 0.2) is 54.6 Å². The van der Waals surface area contributed by atoms with Crippen LogP contribution in [-0.4, -0.2) is 62.8 Å². The first-order chi connectivity index (χ1) is 15.5. The van der Waals surface area contributed by atoms with E-state index in [1.807, 2.05) is 61.3 Å². The van der Waals surface area contributed by atoms with Crippen LogP contribution in [0.3, 0.4) is 0 Å². The topological polar surface area (TPSA) is 77.1 Å². The Balaban J connectivity index is 1.64. The van der Waals surface area contributed by atoms with Crippen molar-refractivity contribution in [3.8, 4) is 5.75 Å². The summed E-state index contributed by atoms with van der Waals surface area (Å²) >= 11 is 0.